The predicted molar refractivity (Wildman–Crippen MR) is 112 cm³/mol. The van der Waals surface area contributed by atoms with E-state index in [2.05, 4.69) is 20.6 Å². The molecule has 2 N–H and O–H groups in total. The van der Waals surface area contributed by atoms with Crippen LogP contribution in [0.4, 0.5) is 10.3 Å². The number of ether oxygens (including phenoxy) is 1. The van der Waals surface area contributed by atoms with Crippen LogP contribution in [0.15, 0.2) is 46.4 Å². The van der Waals surface area contributed by atoms with E-state index in [4.69, 9.17) is 9.15 Å². The van der Waals surface area contributed by atoms with Gasteiger partial charge in [0.2, 0.25) is 5.91 Å². The quantitative estimate of drug-likeness (QED) is 0.457. The van der Waals surface area contributed by atoms with Crippen LogP contribution in [0.25, 0.3) is 10.2 Å². The zero-order chi connectivity index (χ0) is 20.2. The molecule has 29 heavy (non-hydrogen) atoms. The maximum atomic E-state index is 12.3. The van der Waals surface area contributed by atoms with Crippen LogP contribution < -0.4 is 15.4 Å². The molecule has 4 aromatic rings. The van der Waals surface area contributed by atoms with Crippen molar-refractivity contribution in [1.29, 1.82) is 0 Å². The average Bonchev–Trinajstić information content (AvgIpc) is 3.42. The molecule has 3 aromatic heterocycles. The second kappa shape index (κ2) is 8.41. The lowest BCUT2D eigenvalue weighted by molar-refractivity contribution is -0.115. The largest absolute Gasteiger partial charge is 0.494 e. The van der Waals surface area contributed by atoms with Gasteiger partial charge >= 0.3 is 0 Å². The molecule has 0 radical (unpaired) electrons. The number of hydrogen-bond donors (Lipinski definition) is 2. The number of nitrogens with one attached hydrogen (secondary N) is 2. The molecule has 0 aliphatic carbocycles. The van der Waals surface area contributed by atoms with E-state index in [0.29, 0.717) is 22.6 Å². The lowest BCUT2D eigenvalue weighted by Crippen LogP contribution is -2.15. The highest BCUT2D eigenvalue weighted by Gasteiger charge is 2.14. The molecule has 0 saturated carbocycles. The molecular weight excluding hydrogens is 412 g/mol. The van der Waals surface area contributed by atoms with Gasteiger partial charge in [0.1, 0.15) is 5.75 Å². The maximum absolute atomic E-state index is 12.3. The fourth-order valence-corrected chi connectivity index (χ4v) is 4.17. The smallest absolute Gasteiger partial charge is 0.293 e. The van der Waals surface area contributed by atoms with Gasteiger partial charge in [-0.15, -0.1) is 11.3 Å². The standard InChI is InChI=1S/C19H16N4O4S2/c1-2-26-12-5-6-13-15(9-12)29-19(21-13)22-16(24)8-11-10-28-18(20-11)23-17(25)14-4-3-7-27-14/h3-7,9-10H,2,8H2,1H3,(H,20,23,25)(H,21,22,24). The Morgan fingerprint density at radius 1 is 1.17 bits per heavy atom. The molecule has 0 bridgehead atoms. The van der Waals surface area contributed by atoms with Crippen LogP contribution in [0.2, 0.25) is 0 Å². The summed E-state index contributed by atoms with van der Waals surface area (Å²) in [5, 5.41) is 8.08. The van der Waals surface area contributed by atoms with E-state index < -0.39 is 0 Å². The number of carbonyl (C=O) groups excluding carboxylic acids is 2. The first-order valence-corrected chi connectivity index (χ1v) is 10.4. The monoisotopic (exact) mass is 428 g/mol. The summed E-state index contributed by atoms with van der Waals surface area (Å²) in [7, 11) is 0. The number of thiazole rings is 2. The molecule has 3 heterocycles. The van der Waals surface area contributed by atoms with Crippen molar-refractivity contribution in [3.05, 3.63) is 53.4 Å². The summed E-state index contributed by atoms with van der Waals surface area (Å²) >= 11 is 2.62. The van der Waals surface area contributed by atoms with Crippen molar-refractivity contribution in [2.24, 2.45) is 0 Å². The third-order valence-corrected chi connectivity index (χ3v) is 5.52. The fourth-order valence-electron chi connectivity index (χ4n) is 2.55. The molecule has 0 fully saturated rings. The number of benzene rings is 1. The normalized spacial score (nSPS) is 10.8. The van der Waals surface area contributed by atoms with Crippen LogP contribution in [-0.4, -0.2) is 28.4 Å². The SMILES string of the molecule is CCOc1ccc2nc(NC(=O)Cc3csc(NC(=O)c4ccco4)n3)sc2c1. The lowest BCUT2D eigenvalue weighted by Gasteiger charge is -2.00. The van der Waals surface area contributed by atoms with E-state index >= 15 is 0 Å². The van der Waals surface area contributed by atoms with E-state index in [1.54, 1.807) is 17.5 Å². The lowest BCUT2D eigenvalue weighted by atomic mass is 10.3. The van der Waals surface area contributed by atoms with Crippen molar-refractivity contribution < 1.29 is 18.7 Å². The van der Waals surface area contributed by atoms with E-state index in [-0.39, 0.29) is 24.0 Å². The Morgan fingerprint density at radius 3 is 2.86 bits per heavy atom. The van der Waals surface area contributed by atoms with Gasteiger partial charge < -0.3 is 14.5 Å². The molecule has 10 heteroatoms. The highest BCUT2D eigenvalue weighted by Crippen LogP contribution is 2.29. The van der Waals surface area contributed by atoms with Gasteiger partial charge in [0.25, 0.3) is 5.91 Å². The van der Waals surface area contributed by atoms with Gasteiger partial charge in [-0.25, -0.2) is 9.97 Å². The Hall–Kier alpha value is -3.24. The van der Waals surface area contributed by atoms with Crippen LogP contribution in [0.5, 0.6) is 5.75 Å². The molecule has 0 atom stereocenters. The first-order chi connectivity index (χ1) is 14.1. The summed E-state index contributed by atoms with van der Waals surface area (Å²) in [6, 6.07) is 8.81. The highest BCUT2D eigenvalue weighted by atomic mass is 32.1. The molecule has 0 aliphatic rings. The number of anilines is 2. The van der Waals surface area contributed by atoms with Gasteiger partial charge in [-0.05, 0) is 37.3 Å². The van der Waals surface area contributed by atoms with Gasteiger partial charge in [-0.2, -0.15) is 0 Å². The second-order valence-corrected chi connectivity index (χ2v) is 7.77. The number of furan rings is 1. The van der Waals surface area contributed by atoms with Crippen LogP contribution in [0.1, 0.15) is 23.2 Å². The van der Waals surface area contributed by atoms with Gasteiger partial charge in [0, 0.05) is 5.38 Å². The fraction of sp³-hybridized carbons (Fsp3) is 0.158. The van der Waals surface area contributed by atoms with Crippen LogP contribution >= 0.6 is 22.7 Å². The third-order valence-electron chi connectivity index (χ3n) is 3.78. The van der Waals surface area contributed by atoms with E-state index in [9.17, 15) is 9.59 Å². The topological polar surface area (TPSA) is 106 Å². The predicted octanol–water partition coefficient (Wildman–Crippen LogP) is 4.18. The summed E-state index contributed by atoms with van der Waals surface area (Å²) in [5.74, 6) is 0.348. The van der Waals surface area contributed by atoms with Gasteiger partial charge in [0.15, 0.2) is 16.0 Å². The van der Waals surface area contributed by atoms with Gasteiger partial charge in [0.05, 0.1) is 35.2 Å². The molecule has 8 nitrogen and oxygen atoms in total. The number of rotatable bonds is 7. The number of hydrogen-bond acceptors (Lipinski definition) is 8. The third kappa shape index (κ3) is 4.61. The van der Waals surface area contributed by atoms with Crippen molar-refractivity contribution in [2.75, 3.05) is 17.2 Å². The van der Waals surface area contributed by atoms with Crippen molar-refractivity contribution in [2.45, 2.75) is 13.3 Å². The number of nitrogens with zero attached hydrogens (tertiary/aromatic N) is 2. The Labute approximate surface area is 173 Å². The Balaban J connectivity index is 1.37. The van der Waals surface area contributed by atoms with Crippen LogP contribution in [0.3, 0.4) is 0 Å². The number of aromatic nitrogens is 2. The van der Waals surface area contributed by atoms with E-state index in [0.717, 1.165) is 16.0 Å². The molecule has 1 aromatic carbocycles. The minimum atomic E-state index is -0.388. The van der Waals surface area contributed by atoms with Gasteiger partial charge in [-0.3, -0.25) is 14.9 Å². The average molecular weight is 428 g/mol. The molecule has 2 amide bonds. The Bertz CT molecular complexity index is 1150. The van der Waals surface area contributed by atoms with E-state index in [1.807, 2.05) is 25.1 Å². The number of amides is 2. The summed E-state index contributed by atoms with van der Waals surface area (Å²) in [6.07, 6.45) is 1.50. The summed E-state index contributed by atoms with van der Waals surface area (Å²) in [4.78, 5) is 33.0. The minimum absolute atomic E-state index is 0.0766. The first kappa shape index (κ1) is 19.1. The minimum Gasteiger partial charge on any atom is -0.494 e. The summed E-state index contributed by atoms with van der Waals surface area (Å²) in [5.41, 5.74) is 1.35. The first-order valence-electron chi connectivity index (χ1n) is 8.73. The van der Waals surface area contributed by atoms with Crippen molar-refractivity contribution in [3.8, 4) is 5.75 Å². The maximum Gasteiger partial charge on any atom is 0.293 e. The molecule has 0 saturated heterocycles. The summed E-state index contributed by atoms with van der Waals surface area (Å²) < 4.78 is 11.5. The van der Waals surface area contributed by atoms with Gasteiger partial charge in [-0.1, -0.05) is 11.3 Å². The Morgan fingerprint density at radius 2 is 2.07 bits per heavy atom. The van der Waals surface area contributed by atoms with Crippen molar-refractivity contribution >= 4 is 55.0 Å². The molecule has 0 spiro atoms. The van der Waals surface area contributed by atoms with Crippen LogP contribution in [0, 0.1) is 0 Å². The number of fused-ring (bicyclic) bond motifs is 1. The number of carbonyl (C=O) groups is 2. The zero-order valence-electron chi connectivity index (χ0n) is 15.3. The molecule has 0 unspecified atom stereocenters. The molecule has 148 valence electrons. The van der Waals surface area contributed by atoms with E-state index in [1.165, 1.54) is 28.9 Å². The van der Waals surface area contributed by atoms with Crippen LogP contribution in [-0.2, 0) is 11.2 Å². The molecule has 0 aliphatic heterocycles. The highest BCUT2D eigenvalue weighted by molar-refractivity contribution is 7.22. The van der Waals surface area contributed by atoms with Crippen molar-refractivity contribution in [1.82, 2.24) is 9.97 Å². The molecule has 4 rings (SSSR count). The Kier molecular flexibility index (Phi) is 5.54. The molecular formula is C19H16N4O4S2. The zero-order valence-corrected chi connectivity index (χ0v) is 16.9. The summed E-state index contributed by atoms with van der Waals surface area (Å²) in [6.45, 7) is 2.51. The second-order valence-electron chi connectivity index (χ2n) is 5.88. The van der Waals surface area contributed by atoms with Crippen molar-refractivity contribution in [3.63, 3.8) is 0 Å².